The Morgan fingerprint density at radius 3 is 2.52 bits per heavy atom. The van der Waals surface area contributed by atoms with E-state index in [1.54, 1.807) is 6.07 Å². The van der Waals surface area contributed by atoms with Crippen LogP contribution >= 0.6 is 0 Å². The van der Waals surface area contributed by atoms with Crippen molar-refractivity contribution in [2.24, 2.45) is 5.41 Å². The van der Waals surface area contributed by atoms with Crippen LogP contribution in [0.1, 0.15) is 25.5 Å². The maximum absolute atomic E-state index is 10.6. The minimum atomic E-state index is -0.348. The van der Waals surface area contributed by atoms with Crippen LogP contribution in [0.2, 0.25) is 0 Å². The summed E-state index contributed by atoms with van der Waals surface area (Å²) in [5, 5.41) is 26.2. The Kier molecular flexibility index (Phi) is 4.57. The molecule has 0 saturated carbocycles. The number of piperazine rings is 1. The van der Waals surface area contributed by atoms with Gasteiger partial charge in [-0.05, 0) is 16.8 Å². The summed E-state index contributed by atoms with van der Waals surface area (Å²) in [5.41, 5.74) is 0.586. The highest BCUT2D eigenvalue weighted by atomic mass is 16.3. The number of hydrogen-bond donors (Lipinski definition) is 3. The zero-order chi connectivity index (χ0) is 16.4. The maximum Gasteiger partial charge on any atom is 0.121 e. The molecule has 0 aromatic heterocycles. The average Bonchev–Trinajstić information content (AvgIpc) is 2.58. The number of phenolic OH excluding ortho intramolecular Hbond substituents is 1. The van der Waals surface area contributed by atoms with Gasteiger partial charge in [-0.15, -0.1) is 0 Å². The summed E-state index contributed by atoms with van der Waals surface area (Å²) in [7, 11) is 0. The van der Waals surface area contributed by atoms with Crippen molar-refractivity contribution in [2.45, 2.75) is 19.9 Å². The summed E-state index contributed by atoms with van der Waals surface area (Å²) in [6, 6.07) is 11.9. The Bertz CT molecular complexity index is 678. The van der Waals surface area contributed by atoms with Crippen molar-refractivity contribution in [2.75, 3.05) is 32.8 Å². The molecule has 0 unspecified atom stereocenters. The molecule has 2 aromatic carbocycles. The zero-order valence-corrected chi connectivity index (χ0v) is 13.9. The molecule has 1 heterocycles. The van der Waals surface area contributed by atoms with E-state index in [2.05, 4.69) is 36.2 Å². The van der Waals surface area contributed by atoms with E-state index < -0.39 is 0 Å². The van der Waals surface area contributed by atoms with Gasteiger partial charge >= 0.3 is 0 Å². The van der Waals surface area contributed by atoms with Gasteiger partial charge in [-0.2, -0.15) is 0 Å². The lowest BCUT2D eigenvalue weighted by Crippen LogP contribution is -2.49. The molecule has 1 aliphatic heterocycles. The van der Waals surface area contributed by atoms with Crippen molar-refractivity contribution >= 4 is 10.8 Å². The molecule has 3 rings (SSSR count). The fourth-order valence-corrected chi connectivity index (χ4v) is 3.67. The summed E-state index contributed by atoms with van der Waals surface area (Å²) in [5.74, 6) is 0.314. The molecule has 0 amide bonds. The molecule has 1 fully saturated rings. The first-order valence-electron chi connectivity index (χ1n) is 8.31. The Morgan fingerprint density at radius 2 is 1.83 bits per heavy atom. The van der Waals surface area contributed by atoms with Crippen molar-refractivity contribution in [3.05, 3.63) is 42.0 Å². The Morgan fingerprint density at radius 1 is 1.13 bits per heavy atom. The molecular weight excluding hydrogens is 288 g/mol. The summed E-state index contributed by atoms with van der Waals surface area (Å²) >= 11 is 0. The largest absolute Gasteiger partial charge is 0.508 e. The minimum absolute atomic E-state index is 0.0271. The number of aliphatic hydroxyl groups is 1. The smallest absolute Gasteiger partial charge is 0.121 e. The fraction of sp³-hybridized carbons (Fsp3) is 0.474. The molecule has 1 saturated heterocycles. The van der Waals surface area contributed by atoms with E-state index in [9.17, 15) is 10.2 Å². The summed E-state index contributed by atoms with van der Waals surface area (Å²) in [6.45, 7) is 7.91. The van der Waals surface area contributed by atoms with Crippen molar-refractivity contribution in [3.63, 3.8) is 0 Å². The molecular formula is C19H26N2O2. The molecule has 0 aliphatic carbocycles. The quantitative estimate of drug-likeness (QED) is 0.812. The molecule has 4 heteroatoms. The zero-order valence-electron chi connectivity index (χ0n) is 13.9. The number of aliphatic hydroxyl groups excluding tert-OH is 1. The normalized spacial score (nSPS) is 18.2. The lowest BCUT2D eigenvalue weighted by molar-refractivity contribution is 0.0301. The van der Waals surface area contributed by atoms with Crippen LogP contribution < -0.4 is 5.32 Å². The van der Waals surface area contributed by atoms with Gasteiger partial charge in [0.1, 0.15) is 5.75 Å². The van der Waals surface area contributed by atoms with Crippen molar-refractivity contribution in [1.29, 1.82) is 0 Å². The lowest BCUT2D eigenvalue weighted by atomic mass is 9.78. The van der Waals surface area contributed by atoms with E-state index in [0.717, 1.165) is 42.5 Å². The van der Waals surface area contributed by atoms with Crippen LogP contribution in [0.15, 0.2) is 36.4 Å². The molecule has 1 atom stereocenters. The predicted octanol–water partition coefficient (Wildman–Crippen LogP) is 2.51. The van der Waals surface area contributed by atoms with Crippen LogP contribution in [0, 0.1) is 5.41 Å². The van der Waals surface area contributed by atoms with Gasteiger partial charge in [0, 0.05) is 49.8 Å². The minimum Gasteiger partial charge on any atom is -0.508 e. The van der Waals surface area contributed by atoms with E-state index in [-0.39, 0.29) is 18.1 Å². The summed E-state index contributed by atoms with van der Waals surface area (Å²) in [6.07, 6.45) is 0. The van der Waals surface area contributed by atoms with Crippen molar-refractivity contribution < 1.29 is 10.2 Å². The second kappa shape index (κ2) is 6.48. The van der Waals surface area contributed by atoms with Crippen LogP contribution in [0.25, 0.3) is 10.8 Å². The van der Waals surface area contributed by atoms with Gasteiger partial charge in [-0.1, -0.05) is 44.2 Å². The first-order chi connectivity index (χ1) is 11.0. The topological polar surface area (TPSA) is 55.7 Å². The molecule has 3 N–H and O–H groups in total. The third kappa shape index (κ3) is 3.07. The number of aromatic hydroxyl groups is 1. The first-order valence-corrected chi connectivity index (χ1v) is 8.31. The second-order valence-electron chi connectivity index (χ2n) is 7.05. The number of fused-ring (bicyclic) bond motifs is 1. The molecule has 0 radical (unpaired) electrons. The van der Waals surface area contributed by atoms with Crippen LogP contribution in [-0.4, -0.2) is 47.9 Å². The Hall–Kier alpha value is -1.62. The van der Waals surface area contributed by atoms with E-state index in [4.69, 9.17) is 0 Å². The standard InChI is InChI=1S/C19H26N2O2/c1-19(2,13-22)18(21-11-9-20-10-12-21)17-15-6-4-3-5-14(15)7-8-16(17)23/h3-8,18,20,22-23H,9-13H2,1-2H3/t18-/m1/s1. The number of hydrogen-bond acceptors (Lipinski definition) is 4. The summed E-state index contributed by atoms with van der Waals surface area (Å²) < 4.78 is 0. The number of nitrogens with one attached hydrogen (secondary N) is 1. The maximum atomic E-state index is 10.6. The molecule has 0 spiro atoms. The fourth-order valence-electron chi connectivity index (χ4n) is 3.67. The van der Waals surface area contributed by atoms with Crippen LogP contribution in [0.3, 0.4) is 0 Å². The van der Waals surface area contributed by atoms with Gasteiger partial charge in [0.15, 0.2) is 0 Å². The molecule has 0 bridgehead atoms. The van der Waals surface area contributed by atoms with Gasteiger partial charge in [0.05, 0.1) is 0 Å². The van der Waals surface area contributed by atoms with Gasteiger partial charge in [-0.25, -0.2) is 0 Å². The van der Waals surface area contributed by atoms with Gasteiger partial charge < -0.3 is 15.5 Å². The third-order valence-electron chi connectivity index (χ3n) is 4.89. The SMILES string of the molecule is CC(C)(CO)[C@@H](c1c(O)ccc2ccccc12)N1CCNCC1. The van der Waals surface area contributed by atoms with E-state index >= 15 is 0 Å². The summed E-state index contributed by atoms with van der Waals surface area (Å²) in [4.78, 5) is 2.38. The van der Waals surface area contributed by atoms with Crippen LogP contribution in [0.4, 0.5) is 0 Å². The van der Waals surface area contributed by atoms with Gasteiger partial charge in [0.2, 0.25) is 0 Å². The Balaban J connectivity index is 2.18. The molecule has 23 heavy (non-hydrogen) atoms. The van der Waals surface area contributed by atoms with Crippen LogP contribution in [0.5, 0.6) is 5.75 Å². The number of phenols is 1. The van der Waals surface area contributed by atoms with E-state index in [1.165, 1.54) is 0 Å². The molecule has 2 aromatic rings. The molecule has 4 nitrogen and oxygen atoms in total. The average molecular weight is 314 g/mol. The highest BCUT2D eigenvalue weighted by Crippen LogP contribution is 2.44. The van der Waals surface area contributed by atoms with Crippen LogP contribution in [-0.2, 0) is 0 Å². The van der Waals surface area contributed by atoms with Crippen molar-refractivity contribution in [3.8, 4) is 5.75 Å². The third-order valence-corrected chi connectivity index (χ3v) is 4.89. The highest BCUT2D eigenvalue weighted by Gasteiger charge is 2.38. The lowest BCUT2D eigenvalue weighted by Gasteiger charge is -2.44. The first kappa shape index (κ1) is 16.2. The van der Waals surface area contributed by atoms with Gasteiger partial charge in [0.25, 0.3) is 0 Å². The highest BCUT2D eigenvalue weighted by molar-refractivity contribution is 5.88. The second-order valence-corrected chi connectivity index (χ2v) is 7.05. The Labute approximate surface area is 137 Å². The predicted molar refractivity (Wildman–Crippen MR) is 93.7 cm³/mol. The number of benzene rings is 2. The molecule has 1 aliphatic rings. The van der Waals surface area contributed by atoms with E-state index in [1.807, 2.05) is 18.2 Å². The van der Waals surface area contributed by atoms with E-state index in [0.29, 0.717) is 5.75 Å². The number of nitrogens with zero attached hydrogens (tertiary/aromatic N) is 1. The van der Waals surface area contributed by atoms with Crippen molar-refractivity contribution in [1.82, 2.24) is 10.2 Å². The number of rotatable bonds is 4. The molecule has 124 valence electrons. The van der Waals surface area contributed by atoms with Gasteiger partial charge in [-0.3, -0.25) is 4.90 Å². The monoisotopic (exact) mass is 314 g/mol.